The molecule has 1 spiro atoms. The number of fused-ring (bicyclic) bond motifs is 2. The summed E-state index contributed by atoms with van der Waals surface area (Å²) in [6.45, 7) is 7.12. The van der Waals surface area contributed by atoms with E-state index >= 15 is 0 Å². The summed E-state index contributed by atoms with van der Waals surface area (Å²) in [6, 6.07) is 9.83. The Morgan fingerprint density at radius 2 is 1.87 bits per heavy atom. The third kappa shape index (κ3) is 3.50. The van der Waals surface area contributed by atoms with Gasteiger partial charge in [-0.3, -0.25) is 9.59 Å². The molecule has 0 saturated carbocycles. The molecule has 0 bridgehead atoms. The number of likely N-dealkylation sites (tertiary alicyclic amines) is 1. The van der Waals surface area contributed by atoms with Gasteiger partial charge in [0, 0.05) is 31.3 Å². The van der Waals surface area contributed by atoms with Gasteiger partial charge in [-0.05, 0) is 50.1 Å². The normalized spacial score (nSPS) is 17.6. The van der Waals surface area contributed by atoms with Crippen LogP contribution in [0.25, 0.3) is 11.0 Å². The smallest absolute Gasteiger partial charge is 0.228 e. The lowest BCUT2D eigenvalue weighted by molar-refractivity contribution is -0.134. The number of carbonyl (C=O) groups is 2. The molecule has 31 heavy (non-hydrogen) atoms. The van der Waals surface area contributed by atoms with Crippen molar-refractivity contribution in [1.82, 2.24) is 10.1 Å². The summed E-state index contributed by atoms with van der Waals surface area (Å²) in [6.07, 6.45) is 1.88. The standard InChI is InChI=1S/C25H26N2O4/c1-15-4-5-21-18(11-15)19(26-31-21)13-23(29)27-8-6-25(7-9-27)14-20(28)24-17(3)10-16(2)12-22(24)30-25/h4-5,10-12H,6-9,13-14H2,1-3H3. The number of hydrogen-bond donors (Lipinski definition) is 0. The number of ether oxygens (including phenoxy) is 1. The van der Waals surface area contributed by atoms with Gasteiger partial charge in [-0.2, -0.15) is 0 Å². The lowest BCUT2D eigenvalue weighted by Gasteiger charge is -2.44. The van der Waals surface area contributed by atoms with Gasteiger partial charge in [-0.1, -0.05) is 22.9 Å². The van der Waals surface area contributed by atoms with Crippen molar-refractivity contribution >= 4 is 22.7 Å². The molecule has 2 aromatic carbocycles. The van der Waals surface area contributed by atoms with Gasteiger partial charge in [-0.25, -0.2) is 0 Å². The van der Waals surface area contributed by atoms with E-state index in [0.717, 1.165) is 22.1 Å². The predicted molar refractivity (Wildman–Crippen MR) is 116 cm³/mol. The van der Waals surface area contributed by atoms with E-state index in [-0.39, 0.29) is 18.1 Å². The highest BCUT2D eigenvalue weighted by Gasteiger charge is 2.44. The minimum atomic E-state index is -0.515. The quantitative estimate of drug-likeness (QED) is 0.620. The van der Waals surface area contributed by atoms with E-state index in [2.05, 4.69) is 5.16 Å². The molecule has 3 heterocycles. The molecule has 1 aromatic heterocycles. The molecule has 0 unspecified atom stereocenters. The van der Waals surface area contributed by atoms with Crippen molar-refractivity contribution in [2.24, 2.45) is 0 Å². The van der Waals surface area contributed by atoms with E-state index in [9.17, 15) is 9.59 Å². The first-order chi connectivity index (χ1) is 14.8. The van der Waals surface area contributed by atoms with Crippen molar-refractivity contribution in [3.05, 3.63) is 58.3 Å². The summed E-state index contributed by atoms with van der Waals surface area (Å²) in [7, 11) is 0. The summed E-state index contributed by atoms with van der Waals surface area (Å²) >= 11 is 0. The fourth-order valence-electron chi connectivity index (χ4n) is 4.94. The molecule has 6 nitrogen and oxygen atoms in total. The first kappa shape index (κ1) is 19.8. The highest BCUT2D eigenvalue weighted by atomic mass is 16.5. The summed E-state index contributed by atoms with van der Waals surface area (Å²) in [4.78, 5) is 27.7. The molecule has 0 N–H and O–H groups in total. The zero-order chi connectivity index (χ0) is 21.8. The van der Waals surface area contributed by atoms with Crippen LogP contribution in [0.4, 0.5) is 0 Å². The molecular weight excluding hydrogens is 392 g/mol. The van der Waals surface area contributed by atoms with Crippen LogP contribution in [0.3, 0.4) is 0 Å². The van der Waals surface area contributed by atoms with E-state index < -0.39 is 5.60 Å². The van der Waals surface area contributed by atoms with Gasteiger partial charge >= 0.3 is 0 Å². The van der Waals surface area contributed by atoms with Crippen LogP contribution in [0.5, 0.6) is 5.75 Å². The van der Waals surface area contributed by atoms with Crippen molar-refractivity contribution in [2.75, 3.05) is 13.1 Å². The Hall–Kier alpha value is -3.15. The van der Waals surface area contributed by atoms with Crippen LogP contribution >= 0.6 is 0 Å². The molecule has 1 fully saturated rings. The van der Waals surface area contributed by atoms with Crippen LogP contribution in [0.1, 0.15) is 52.0 Å². The molecule has 5 rings (SSSR count). The second-order valence-corrected chi connectivity index (χ2v) is 9.03. The van der Waals surface area contributed by atoms with Gasteiger partial charge < -0.3 is 14.2 Å². The van der Waals surface area contributed by atoms with Crippen LogP contribution in [0.2, 0.25) is 0 Å². The Balaban J connectivity index is 1.29. The number of Topliss-reactive ketones (excluding diaryl/α,β-unsaturated/α-hetero) is 1. The maximum absolute atomic E-state index is 13.0. The molecule has 1 saturated heterocycles. The molecule has 3 aromatic rings. The van der Waals surface area contributed by atoms with Gasteiger partial charge in [0.15, 0.2) is 11.4 Å². The molecule has 1 amide bonds. The Kier molecular flexibility index (Phi) is 4.61. The maximum Gasteiger partial charge on any atom is 0.228 e. The van der Waals surface area contributed by atoms with Gasteiger partial charge in [-0.15, -0.1) is 0 Å². The van der Waals surface area contributed by atoms with Crippen molar-refractivity contribution in [1.29, 1.82) is 0 Å². The Bertz CT molecular complexity index is 1200. The third-order valence-corrected chi connectivity index (χ3v) is 6.58. The Morgan fingerprint density at radius 1 is 1.10 bits per heavy atom. The number of hydrogen-bond acceptors (Lipinski definition) is 5. The van der Waals surface area contributed by atoms with E-state index in [4.69, 9.17) is 9.26 Å². The molecule has 2 aliphatic rings. The molecule has 0 aliphatic carbocycles. The van der Waals surface area contributed by atoms with E-state index in [1.54, 1.807) is 0 Å². The van der Waals surface area contributed by atoms with Crippen LogP contribution in [0.15, 0.2) is 34.9 Å². The van der Waals surface area contributed by atoms with Crippen molar-refractivity contribution in [3.63, 3.8) is 0 Å². The van der Waals surface area contributed by atoms with Gasteiger partial charge in [0.2, 0.25) is 5.91 Å². The number of piperidine rings is 1. The fourth-order valence-corrected chi connectivity index (χ4v) is 4.94. The van der Waals surface area contributed by atoms with Crippen molar-refractivity contribution < 1.29 is 18.8 Å². The highest BCUT2D eigenvalue weighted by Crippen LogP contribution is 2.41. The minimum absolute atomic E-state index is 0.0285. The first-order valence-corrected chi connectivity index (χ1v) is 10.8. The predicted octanol–water partition coefficient (Wildman–Crippen LogP) is 4.32. The summed E-state index contributed by atoms with van der Waals surface area (Å²) < 4.78 is 11.8. The van der Waals surface area contributed by atoms with Gasteiger partial charge in [0.05, 0.1) is 18.4 Å². The first-order valence-electron chi connectivity index (χ1n) is 10.8. The average molecular weight is 418 g/mol. The summed E-state index contributed by atoms with van der Waals surface area (Å²) in [5, 5.41) is 5.01. The Labute approximate surface area is 181 Å². The highest BCUT2D eigenvalue weighted by molar-refractivity contribution is 6.01. The SMILES string of the molecule is Cc1cc(C)c2c(c1)OC1(CCN(C(=O)Cc3noc4ccc(C)cc34)CC1)CC2=O. The van der Waals surface area contributed by atoms with E-state index in [0.29, 0.717) is 54.9 Å². The van der Waals surface area contributed by atoms with Gasteiger partial charge in [0.25, 0.3) is 0 Å². The second kappa shape index (κ2) is 7.22. The molecule has 0 atom stereocenters. The molecule has 6 heteroatoms. The molecule has 0 radical (unpaired) electrons. The van der Waals surface area contributed by atoms with Gasteiger partial charge in [0.1, 0.15) is 17.0 Å². The number of rotatable bonds is 2. The number of nitrogens with zero attached hydrogens (tertiary/aromatic N) is 2. The third-order valence-electron chi connectivity index (χ3n) is 6.58. The monoisotopic (exact) mass is 418 g/mol. The second-order valence-electron chi connectivity index (χ2n) is 9.03. The van der Waals surface area contributed by atoms with Crippen LogP contribution in [0, 0.1) is 20.8 Å². The summed E-state index contributed by atoms with van der Waals surface area (Å²) in [5.41, 5.74) is 4.73. The molecule has 2 aliphatic heterocycles. The zero-order valence-electron chi connectivity index (χ0n) is 18.2. The number of aromatic nitrogens is 1. The summed E-state index contributed by atoms with van der Waals surface area (Å²) in [5.74, 6) is 0.863. The largest absolute Gasteiger partial charge is 0.486 e. The number of amides is 1. The number of ketones is 1. The average Bonchev–Trinajstić information content (AvgIpc) is 3.09. The minimum Gasteiger partial charge on any atom is -0.486 e. The topological polar surface area (TPSA) is 72.6 Å². The van der Waals surface area contributed by atoms with Crippen molar-refractivity contribution in [2.45, 2.75) is 52.1 Å². The molecular formula is C25H26N2O4. The number of aryl methyl sites for hydroxylation is 3. The number of carbonyl (C=O) groups excluding carboxylic acids is 2. The molecule has 160 valence electrons. The van der Waals surface area contributed by atoms with Crippen molar-refractivity contribution in [3.8, 4) is 5.75 Å². The Morgan fingerprint density at radius 3 is 2.65 bits per heavy atom. The van der Waals surface area contributed by atoms with Crippen LogP contribution in [-0.4, -0.2) is 40.4 Å². The van der Waals surface area contributed by atoms with Crippen LogP contribution < -0.4 is 4.74 Å². The van der Waals surface area contributed by atoms with E-state index in [1.165, 1.54) is 0 Å². The lowest BCUT2D eigenvalue weighted by atomic mass is 9.81. The number of benzene rings is 2. The lowest BCUT2D eigenvalue weighted by Crippen LogP contribution is -2.52. The van der Waals surface area contributed by atoms with E-state index in [1.807, 2.05) is 56.0 Å². The maximum atomic E-state index is 13.0. The zero-order valence-corrected chi connectivity index (χ0v) is 18.2. The fraction of sp³-hybridized carbons (Fsp3) is 0.400. The van der Waals surface area contributed by atoms with Crippen LogP contribution in [-0.2, 0) is 11.2 Å².